The van der Waals surface area contributed by atoms with Gasteiger partial charge in [0.05, 0.1) is 17.2 Å². The SMILES string of the molecule is O=C(O)Cc1ccc(S(=O)CC2CCOCC2)cc1. The maximum absolute atomic E-state index is 12.2. The van der Waals surface area contributed by atoms with E-state index in [4.69, 9.17) is 9.84 Å². The van der Waals surface area contributed by atoms with Gasteiger partial charge in [0.2, 0.25) is 0 Å². The third kappa shape index (κ3) is 4.44. The smallest absolute Gasteiger partial charge is 0.307 e. The molecule has 1 aliphatic heterocycles. The predicted molar refractivity (Wildman–Crippen MR) is 72.6 cm³/mol. The lowest BCUT2D eigenvalue weighted by atomic mass is 10.0. The summed E-state index contributed by atoms with van der Waals surface area (Å²) in [7, 11) is -1.00. The fraction of sp³-hybridized carbons (Fsp3) is 0.500. The normalized spacial score (nSPS) is 18.1. The van der Waals surface area contributed by atoms with E-state index in [9.17, 15) is 9.00 Å². The van der Waals surface area contributed by atoms with E-state index >= 15 is 0 Å². The Kier molecular flexibility index (Phi) is 5.10. The zero-order chi connectivity index (χ0) is 13.7. The van der Waals surface area contributed by atoms with E-state index in [0.29, 0.717) is 11.7 Å². The highest BCUT2D eigenvalue weighted by Gasteiger charge is 2.17. The van der Waals surface area contributed by atoms with E-state index in [1.54, 1.807) is 24.3 Å². The van der Waals surface area contributed by atoms with Crippen LogP contribution < -0.4 is 0 Å². The van der Waals surface area contributed by atoms with Crippen LogP contribution in [0.5, 0.6) is 0 Å². The number of hydrogen-bond acceptors (Lipinski definition) is 3. The number of aliphatic carboxylic acids is 1. The fourth-order valence-electron chi connectivity index (χ4n) is 2.16. The summed E-state index contributed by atoms with van der Waals surface area (Å²) in [5.74, 6) is 0.283. The third-order valence-corrected chi connectivity index (χ3v) is 4.84. The molecule has 1 aliphatic rings. The van der Waals surface area contributed by atoms with Gasteiger partial charge in [-0.3, -0.25) is 9.00 Å². The van der Waals surface area contributed by atoms with Crippen LogP contribution in [0.2, 0.25) is 0 Å². The summed E-state index contributed by atoms with van der Waals surface area (Å²) in [6, 6.07) is 7.03. The Hall–Kier alpha value is -1.20. The first-order chi connectivity index (χ1) is 9.15. The second kappa shape index (κ2) is 6.82. The molecule has 0 radical (unpaired) electrons. The molecule has 19 heavy (non-hydrogen) atoms. The molecular weight excluding hydrogens is 264 g/mol. The van der Waals surface area contributed by atoms with Crippen LogP contribution in [0.1, 0.15) is 18.4 Å². The van der Waals surface area contributed by atoms with Crippen LogP contribution in [0, 0.1) is 5.92 Å². The zero-order valence-electron chi connectivity index (χ0n) is 10.7. The summed E-state index contributed by atoms with van der Waals surface area (Å²) in [6.07, 6.45) is 1.96. The molecule has 1 heterocycles. The summed E-state index contributed by atoms with van der Waals surface area (Å²) in [4.78, 5) is 11.4. The second-order valence-corrected chi connectivity index (χ2v) is 6.28. The van der Waals surface area contributed by atoms with Crippen molar-refractivity contribution in [3.8, 4) is 0 Å². The van der Waals surface area contributed by atoms with Gasteiger partial charge in [0.1, 0.15) is 0 Å². The van der Waals surface area contributed by atoms with Gasteiger partial charge in [-0.1, -0.05) is 12.1 Å². The van der Waals surface area contributed by atoms with Crippen molar-refractivity contribution in [2.45, 2.75) is 24.2 Å². The van der Waals surface area contributed by atoms with Crippen LogP contribution in [-0.4, -0.2) is 34.3 Å². The van der Waals surface area contributed by atoms with Crippen molar-refractivity contribution in [2.24, 2.45) is 5.92 Å². The number of carboxylic acids is 1. The monoisotopic (exact) mass is 282 g/mol. The Morgan fingerprint density at radius 3 is 2.47 bits per heavy atom. The Bertz CT molecular complexity index is 449. The molecule has 0 aromatic heterocycles. The quantitative estimate of drug-likeness (QED) is 0.895. The lowest BCUT2D eigenvalue weighted by Crippen LogP contribution is -2.21. The number of hydrogen-bond donors (Lipinski definition) is 1. The first kappa shape index (κ1) is 14.2. The van der Waals surface area contributed by atoms with Crippen molar-refractivity contribution in [3.63, 3.8) is 0 Å². The minimum Gasteiger partial charge on any atom is -0.481 e. The maximum atomic E-state index is 12.2. The minimum absolute atomic E-state index is 0.00682. The molecule has 1 N–H and O–H groups in total. The number of carboxylic acid groups (broad SMARTS) is 1. The van der Waals surface area contributed by atoms with E-state index < -0.39 is 16.8 Å². The van der Waals surface area contributed by atoms with Gasteiger partial charge in [0.25, 0.3) is 0 Å². The highest BCUT2D eigenvalue weighted by molar-refractivity contribution is 7.85. The molecule has 0 amide bonds. The Balaban J connectivity index is 1.93. The first-order valence-electron chi connectivity index (χ1n) is 6.42. The van der Waals surface area contributed by atoms with Crippen LogP contribution in [0.4, 0.5) is 0 Å². The molecule has 1 unspecified atom stereocenters. The van der Waals surface area contributed by atoms with Crippen LogP contribution in [0.15, 0.2) is 29.2 Å². The van der Waals surface area contributed by atoms with Gasteiger partial charge in [-0.2, -0.15) is 0 Å². The number of ether oxygens (including phenoxy) is 1. The highest BCUT2D eigenvalue weighted by atomic mass is 32.2. The van der Waals surface area contributed by atoms with Gasteiger partial charge in [-0.15, -0.1) is 0 Å². The molecular formula is C14H18O4S. The lowest BCUT2D eigenvalue weighted by Gasteiger charge is -2.21. The standard InChI is InChI=1S/C14H18O4S/c15-14(16)9-11-1-3-13(4-2-11)19(17)10-12-5-7-18-8-6-12/h1-4,12H,5-10H2,(H,15,16). The molecule has 1 saturated heterocycles. The second-order valence-electron chi connectivity index (χ2n) is 4.78. The van der Waals surface area contributed by atoms with Crippen molar-refractivity contribution in [2.75, 3.05) is 19.0 Å². The van der Waals surface area contributed by atoms with Crippen molar-refractivity contribution in [1.82, 2.24) is 0 Å². The minimum atomic E-state index is -1.00. The van der Waals surface area contributed by atoms with E-state index in [0.717, 1.165) is 36.5 Å². The average Bonchev–Trinajstić information content (AvgIpc) is 2.40. The Morgan fingerprint density at radius 1 is 1.26 bits per heavy atom. The van der Waals surface area contributed by atoms with E-state index in [-0.39, 0.29) is 6.42 Å². The molecule has 0 spiro atoms. The van der Waals surface area contributed by atoms with Gasteiger partial charge in [-0.05, 0) is 36.5 Å². The molecule has 5 heteroatoms. The van der Waals surface area contributed by atoms with Crippen LogP contribution >= 0.6 is 0 Å². The number of rotatable bonds is 5. The molecule has 1 atom stereocenters. The summed E-state index contributed by atoms with van der Waals surface area (Å²) in [6.45, 7) is 1.53. The molecule has 104 valence electrons. The molecule has 1 aromatic carbocycles. The summed E-state index contributed by atoms with van der Waals surface area (Å²) >= 11 is 0. The van der Waals surface area contributed by atoms with Crippen molar-refractivity contribution >= 4 is 16.8 Å². The van der Waals surface area contributed by atoms with Gasteiger partial charge in [0.15, 0.2) is 0 Å². The van der Waals surface area contributed by atoms with Crippen molar-refractivity contribution in [3.05, 3.63) is 29.8 Å². The van der Waals surface area contributed by atoms with Crippen molar-refractivity contribution < 1.29 is 18.8 Å². The largest absolute Gasteiger partial charge is 0.481 e. The predicted octanol–water partition coefficient (Wildman–Crippen LogP) is 1.85. The highest BCUT2D eigenvalue weighted by Crippen LogP contribution is 2.19. The fourth-order valence-corrected chi connectivity index (χ4v) is 3.55. The maximum Gasteiger partial charge on any atom is 0.307 e. The van der Waals surface area contributed by atoms with Gasteiger partial charge < -0.3 is 9.84 Å². The van der Waals surface area contributed by atoms with Gasteiger partial charge in [-0.25, -0.2) is 0 Å². The molecule has 0 saturated carbocycles. The Labute approximate surface area is 115 Å². The number of carbonyl (C=O) groups is 1. The number of benzene rings is 1. The van der Waals surface area contributed by atoms with Crippen LogP contribution in [-0.2, 0) is 26.8 Å². The third-order valence-electron chi connectivity index (χ3n) is 3.27. The van der Waals surface area contributed by atoms with Crippen LogP contribution in [0.25, 0.3) is 0 Å². The molecule has 1 aromatic rings. The van der Waals surface area contributed by atoms with Crippen molar-refractivity contribution in [1.29, 1.82) is 0 Å². The lowest BCUT2D eigenvalue weighted by molar-refractivity contribution is -0.136. The summed E-state index contributed by atoms with van der Waals surface area (Å²) < 4.78 is 17.5. The summed E-state index contributed by atoms with van der Waals surface area (Å²) in [5, 5.41) is 8.69. The molecule has 0 bridgehead atoms. The zero-order valence-corrected chi connectivity index (χ0v) is 11.5. The topological polar surface area (TPSA) is 63.6 Å². The molecule has 4 nitrogen and oxygen atoms in total. The van der Waals surface area contributed by atoms with E-state index in [1.165, 1.54) is 0 Å². The van der Waals surface area contributed by atoms with E-state index in [2.05, 4.69) is 0 Å². The van der Waals surface area contributed by atoms with E-state index in [1.807, 2.05) is 0 Å². The average molecular weight is 282 g/mol. The van der Waals surface area contributed by atoms with Crippen LogP contribution in [0.3, 0.4) is 0 Å². The molecule has 1 fully saturated rings. The van der Waals surface area contributed by atoms with Gasteiger partial charge in [0, 0.05) is 23.9 Å². The van der Waals surface area contributed by atoms with Gasteiger partial charge >= 0.3 is 5.97 Å². The first-order valence-corrected chi connectivity index (χ1v) is 7.74. The molecule has 0 aliphatic carbocycles. The Morgan fingerprint density at radius 2 is 1.89 bits per heavy atom. The molecule has 2 rings (SSSR count). The summed E-state index contributed by atoms with van der Waals surface area (Å²) in [5.41, 5.74) is 0.735.